The first kappa shape index (κ1) is 25.3. The maximum Gasteiger partial charge on any atom is 0.311 e. The number of fused-ring (bicyclic) bond motifs is 1. The Labute approximate surface area is 202 Å². The molecule has 3 unspecified atom stereocenters. The minimum Gasteiger partial charge on any atom is -0.461 e. The van der Waals surface area contributed by atoms with Crippen LogP contribution in [0.25, 0.3) is 0 Å². The van der Waals surface area contributed by atoms with Crippen molar-refractivity contribution in [2.75, 3.05) is 26.3 Å². The van der Waals surface area contributed by atoms with Gasteiger partial charge in [0, 0.05) is 35.3 Å². The van der Waals surface area contributed by atoms with E-state index in [9.17, 15) is 19.5 Å². The number of ether oxygens (including phenoxy) is 1. The standard InChI is InChI=1S/C23H33BrN2O5S/c1-6-9-26(22(3,4)5)20(29)18-23-13-14(24)17(32-23)15(21(30)31-12-7-2)16(23)19(28)25(18)10-8-11-27/h6-7,14-18,27H,1-2,8-13H2,3-5H3/t14?,15-,16+,17-,18?,23?/m1/s1. The Morgan fingerprint density at radius 1 is 1.38 bits per heavy atom. The van der Waals surface area contributed by atoms with E-state index in [1.165, 1.54) is 6.08 Å². The van der Waals surface area contributed by atoms with Gasteiger partial charge < -0.3 is 19.6 Å². The highest BCUT2D eigenvalue weighted by Gasteiger charge is 2.76. The summed E-state index contributed by atoms with van der Waals surface area (Å²) in [7, 11) is 0. The summed E-state index contributed by atoms with van der Waals surface area (Å²) in [6.07, 6.45) is 4.18. The Morgan fingerprint density at radius 2 is 2.06 bits per heavy atom. The molecular formula is C23H33BrN2O5S. The first-order valence-electron chi connectivity index (χ1n) is 11.0. The number of esters is 1. The quantitative estimate of drug-likeness (QED) is 0.281. The molecule has 0 radical (unpaired) electrons. The molecule has 3 rings (SSSR count). The topological polar surface area (TPSA) is 87.2 Å². The Kier molecular flexibility index (Phi) is 7.52. The SMILES string of the molecule is C=CCOC(=O)[C@H]1[C@@H]2SC3(CC2Br)C(C(=O)N(CC=C)C(C)(C)C)N(CCCO)C(=O)[C@H]13. The van der Waals surface area contributed by atoms with Gasteiger partial charge >= 0.3 is 5.97 Å². The van der Waals surface area contributed by atoms with Crippen molar-refractivity contribution >= 4 is 45.5 Å². The summed E-state index contributed by atoms with van der Waals surface area (Å²) in [5, 5.41) is 9.29. The van der Waals surface area contributed by atoms with Crippen molar-refractivity contribution in [3.63, 3.8) is 0 Å². The third-order valence-corrected chi connectivity index (χ3v) is 9.80. The Hall–Kier alpha value is -1.32. The molecule has 1 spiro atoms. The minimum absolute atomic E-state index is 0.00610. The van der Waals surface area contributed by atoms with Crippen LogP contribution in [0, 0.1) is 11.8 Å². The molecule has 9 heteroatoms. The van der Waals surface area contributed by atoms with Gasteiger partial charge in [0.05, 0.1) is 16.6 Å². The van der Waals surface area contributed by atoms with E-state index in [2.05, 4.69) is 29.1 Å². The van der Waals surface area contributed by atoms with Crippen LogP contribution in [0.5, 0.6) is 0 Å². The molecule has 0 aromatic heterocycles. The lowest BCUT2D eigenvalue weighted by atomic mass is 9.71. The van der Waals surface area contributed by atoms with Crippen LogP contribution in [0.1, 0.15) is 33.6 Å². The Bertz CT molecular complexity index is 800. The van der Waals surface area contributed by atoms with Crippen molar-refractivity contribution in [1.29, 1.82) is 0 Å². The number of carbonyl (C=O) groups is 3. The molecule has 3 saturated heterocycles. The summed E-state index contributed by atoms with van der Waals surface area (Å²) < 4.78 is 4.65. The van der Waals surface area contributed by atoms with Crippen LogP contribution < -0.4 is 0 Å². The highest BCUT2D eigenvalue weighted by atomic mass is 79.9. The lowest BCUT2D eigenvalue weighted by Crippen LogP contribution is -2.59. The zero-order valence-electron chi connectivity index (χ0n) is 19.0. The Morgan fingerprint density at radius 3 is 2.62 bits per heavy atom. The highest BCUT2D eigenvalue weighted by Crippen LogP contribution is 2.68. The molecule has 3 fully saturated rings. The summed E-state index contributed by atoms with van der Waals surface area (Å²) in [5.41, 5.74) is -0.469. The number of hydrogen-bond acceptors (Lipinski definition) is 6. The summed E-state index contributed by atoms with van der Waals surface area (Å²) in [4.78, 5) is 44.1. The predicted octanol–water partition coefficient (Wildman–Crippen LogP) is 2.38. The van der Waals surface area contributed by atoms with Crippen molar-refractivity contribution in [1.82, 2.24) is 9.80 Å². The molecule has 2 amide bonds. The zero-order chi connectivity index (χ0) is 23.8. The predicted molar refractivity (Wildman–Crippen MR) is 128 cm³/mol. The molecule has 3 aliphatic heterocycles. The number of halogens is 1. The van der Waals surface area contributed by atoms with Crippen molar-refractivity contribution in [2.24, 2.45) is 11.8 Å². The second-order valence-electron chi connectivity index (χ2n) is 9.60. The smallest absolute Gasteiger partial charge is 0.311 e. The molecule has 0 saturated carbocycles. The molecule has 6 atom stereocenters. The van der Waals surface area contributed by atoms with Gasteiger partial charge in [-0.1, -0.05) is 34.7 Å². The molecule has 1 N–H and O–H groups in total. The van der Waals surface area contributed by atoms with Gasteiger partial charge in [0.15, 0.2) is 0 Å². The lowest BCUT2D eigenvalue weighted by Gasteiger charge is -2.42. The second kappa shape index (κ2) is 9.50. The molecular weight excluding hydrogens is 496 g/mol. The lowest BCUT2D eigenvalue weighted by molar-refractivity contribution is -0.153. The Balaban J connectivity index is 2.06. The molecule has 2 bridgehead atoms. The van der Waals surface area contributed by atoms with Gasteiger partial charge in [-0.3, -0.25) is 14.4 Å². The van der Waals surface area contributed by atoms with E-state index < -0.39 is 34.1 Å². The number of rotatable bonds is 9. The molecule has 0 aromatic rings. The van der Waals surface area contributed by atoms with E-state index in [4.69, 9.17) is 4.74 Å². The van der Waals surface area contributed by atoms with Crippen LogP contribution in [0.2, 0.25) is 0 Å². The van der Waals surface area contributed by atoms with Gasteiger partial charge in [-0.15, -0.1) is 18.3 Å². The fourth-order valence-corrected chi connectivity index (χ4v) is 8.96. The third-order valence-electron chi connectivity index (χ3n) is 6.58. The van der Waals surface area contributed by atoms with Crippen LogP contribution in [-0.2, 0) is 19.1 Å². The number of hydrogen-bond donors (Lipinski definition) is 1. The van der Waals surface area contributed by atoms with Crippen LogP contribution in [0.4, 0.5) is 0 Å². The van der Waals surface area contributed by atoms with Gasteiger partial charge in [-0.25, -0.2) is 0 Å². The van der Waals surface area contributed by atoms with E-state index in [1.54, 1.807) is 27.6 Å². The molecule has 0 aliphatic carbocycles. The van der Waals surface area contributed by atoms with Crippen LogP contribution in [-0.4, -0.2) is 85.4 Å². The fraction of sp³-hybridized carbons (Fsp3) is 0.696. The molecule has 178 valence electrons. The van der Waals surface area contributed by atoms with Crippen LogP contribution >= 0.6 is 27.7 Å². The van der Waals surface area contributed by atoms with Gasteiger partial charge in [-0.2, -0.15) is 0 Å². The number of alkyl halides is 1. The number of nitrogens with zero attached hydrogens (tertiary/aromatic N) is 2. The number of carbonyl (C=O) groups excluding carboxylic acids is 3. The van der Waals surface area contributed by atoms with Crippen LogP contribution in [0.15, 0.2) is 25.3 Å². The number of aliphatic hydroxyl groups is 1. The van der Waals surface area contributed by atoms with Crippen molar-refractivity contribution in [3.8, 4) is 0 Å². The second-order valence-corrected chi connectivity index (χ2v) is 12.3. The van der Waals surface area contributed by atoms with Gasteiger partial charge in [0.25, 0.3) is 0 Å². The fourth-order valence-electron chi connectivity index (χ4n) is 5.37. The number of likely N-dealkylation sites (tertiary alicyclic amines) is 1. The summed E-state index contributed by atoms with van der Waals surface area (Å²) in [5.74, 6) is -2.00. The summed E-state index contributed by atoms with van der Waals surface area (Å²) >= 11 is 5.30. The molecule has 32 heavy (non-hydrogen) atoms. The third kappa shape index (κ3) is 4.05. The summed E-state index contributed by atoms with van der Waals surface area (Å²) in [6, 6.07) is -0.710. The van der Waals surface area contributed by atoms with E-state index in [0.717, 1.165) is 0 Å². The average molecular weight is 529 g/mol. The number of amides is 2. The number of aliphatic hydroxyl groups excluding tert-OH is 1. The van der Waals surface area contributed by atoms with Crippen molar-refractivity contribution in [3.05, 3.63) is 25.3 Å². The minimum atomic E-state index is -0.717. The zero-order valence-corrected chi connectivity index (χ0v) is 21.4. The van der Waals surface area contributed by atoms with Crippen LogP contribution in [0.3, 0.4) is 0 Å². The molecule has 7 nitrogen and oxygen atoms in total. The van der Waals surface area contributed by atoms with Gasteiger partial charge in [0.1, 0.15) is 12.6 Å². The van der Waals surface area contributed by atoms with E-state index >= 15 is 0 Å². The largest absolute Gasteiger partial charge is 0.461 e. The summed E-state index contributed by atoms with van der Waals surface area (Å²) in [6.45, 7) is 13.9. The van der Waals surface area contributed by atoms with Gasteiger partial charge in [0.2, 0.25) is 11.8 Å². The molecule has 3 heterocycles. The van der Waals surface area contributed by atoms with E-state index in [-0.39, 0.29) is 41.6 Å². The first-order valence-corrected chi connectivity index (χ1v) is 12.8. The number of thioether (sulfide) groups is 1. The van der Waals surface area contributed by atoms with Crippen molar-refractivity contribution < 1.29 is 24.2 Å². The molecule has 3 aliphatic rings. The van der Waals surface area contributed by atoms with Crippen molar-refractivity contribution in [2.45, 2.75) is 60.0 Å². The first-order chi connectivity index (χ1) is 15.0. The van der Waals surface area contributed by atoms with E-state index in [1.807, 2.05) is 20.8 Å². The van der Waals surface area contributed by atoms with E-state index in [0.29, 0.717) is 19.4 Å². The average Bonchev–Trinajstić information content (AvgIpc) is 3.31. The maximum absolute atomic E-state index is 14.0. The molecule has 0 aromatic carbocycles. The maximum atomic E-state index is 14.0. The van der Waals surface area contributed by atoms with Gasteiger partial charge in [-0.05, 0) is 33.6 Å². The monoisotopic (exact) mass is 528 g/mol. The highest BCUT2D eigenvalue weighted by molar-refractivity contribution is 9.09. The normalized spacial score (nSPS) is 33.2.